The molecule has 0 N–H and O–H groups in total. The van der Waals surface area contributed by atoms with Crippen LogP contribution in [0.2, 0.25) is 0 Å². The monoisotopic (exact) mass is 503 g/mol. The second kappa shape index (κ2) is 8.02. The van der Waals surface area contributed by atoms with Crippen molar-refractivity contribution in [2.24, 2.45) is 0 Å². The topological polar surface area (TPSA) is 39.9 Å². The third kappa shape index (κ3) is 3.25. The highest BCUT2D eigenvalue weighted by Crippen LogP contribution is 2.47. The molecule has 1 aliphatic heterocycles. The van der Waals surface area contributed by atoms with E-state index in [4.69, 9.17) is 14.7 Å². The average Bonchev–Trinajstić information content (AvgIpc) is 3.30. The first-order valence-electron chi connectivity index (χ1n) is 13.3. The Kier molecular flexibility index (Phi) is 4.54. The third-order valence-electron chi connectivity index (χ3n) is 8.07. The molecule has 7 aromatic rings. The number of hydrogen-bond donors (Lipinski definition) is 0. The van der Waals surface area contributed by atoms with E-state index in [1.54, 1.807) is 0 Å². The standard InChI is InChI=1S/C35H25N3O/c1-35(2)28-12-6-11-27-26-17-16-25(21-32(26)38(33(27)28)34-29(35)13-7-19-36-34)39-24-10-5-9-23(20-24)31-18-15-22-8-3-4-14-30(22)37-31/h3-21H,1-2H3. The molecule has 0 spiro atoms. The first kappa shape index (κ1) is 22.1. The van der Waals surface area contributed by atoms with Crippen molar-refractivity contribution < 1.29 is 4.74 Å². The van der Waals surface area contributed by atoms with Crippen LogP contribution in [-0.4, -0.2) is 14.5 Å². The molecule has 4 aromatic carbocycles. The average molecular weight is 504 g/mol. The van der Waals surface area contributed by atoms with Crippen LogP contribution in [0.25, 0.3) is 49.8 Å². The zero-order valence-corrected chi connectivity index (χ0v) is 21.7. The molecule has 0 saturated heterocycles. The predicted molar refractivity (Wildman–Crippen MR) is 158 cm³/mol. The highest BCUT2D eigenvalue weighted by Gasteiger charge is 2.35. The van der Waals surface area contributed by atoms with Gasteiger partial charge in [0.15, 0.2) is 0 Å². The maximum Gasteiger partial charge on any atom is 0.141 e. The minimum atomic E-state index is -0.135. The Morgan fingerprint density at radius 3 is 2.49 bits per heavy atom. The lowest BCUT2D eigenvalue weighted by molar-refractivity contribution is 0.483. The fraction of sp³-hybridized carbons (Fsp3) is 0.0857. The molecular weight excluding hydrogens is 478 g/mol. The van der Waals surface area contributed by atoms with Crippen molar-refractivity contribution in [3.63, 3.8) is 0 Å². The van der Waals surface area contributed by atoms with Crippen LogP contribution in [0.3, 0.4) is 0 Å². The van der Waals surface area contributed by atoms with Gasteiger partial charge in [-0.25, -0.2) is 9.97 Å². The number of ether oxygens (including phenoxy) is 1. The molecule has 0 radical (unpaired) electrons. The van der Waals surface area contributed by atoms with E-state index in [9.17, 15) is 0 Å². The molecule has 0 amide bonds. The first-order valence-corrected chi connectivity index (χ1v) is 13.3. The molecule has 4 nitrogen and oxygen atoms in total. The lowest BCUT2D eigenvalue weighted by Gasteiger charge is -2.33. The Labute approximate surface area is 226 Å². The Morgan fingerprint density at radius 2 is 1.54 bits per heavy atom. The summed E-state index contributed by atoms with van der Waals surface area (Å²) in [5.41, 5.74) is 7.66. The summed E-state index contributed by atoms with van der Waals surface area (Å²) in [6.07, 6.45) is 1.88. The molecule has 3 aromatic heterocycles. The first-order chi connectivity index (χ1) is 19.1. The van der Waals surface area contributed by atoms with Gasteiger partial charge in [0.2, 0.25) is 0 Å². The summed E-state index contributed by atoms with van der Waals surface area (Å²) in [5, 5.41) is 3.57. The predicted octanol–water partition coefficient (Wildman–Crippen LogP) is 8.83. The molecule has 1 aliphatic rings. The number of pyridine rings is 2. The normalized spacial score (nSPS) is 13.6. The van der Waals surface area contributed by atoms with Crippen LogP contribution in [0.1, 0.15) is 25.0 Å². The van der Waals surface area contributed by atoms with E-state index in [0.717, 1.165) is 45.0 Å². The van der Waals surface area contributed by atoms with E-state index in [1.165, 1.54) is 27.4 Å². The second-order valence-electron chi connectivity index (χ2n) is 10.7. The Balaban J connectivity index is 1.25. The fourth-order valence-electron chi connectivity index (χ4n) is 6.12. The molecule has 4 heterocycles. The lowest BCUT2D eigenvalue weighted by atomic mass is 9.76. The van der Waals surface area contributed by atoms with Crippen LogP contribution < -0.4 is 4.74 Å². The van der Waals surface area contributed by atoms with Gasteiger partial charge in [0.1, 0.15) is 17.3 Å². The van der Waals surface area contributed by atoms with Crippen molar-refractivity contribution in [3.05, 3.63) is 127 Å². The zero-order chi connectivity index (χ0) is 26.1. The largest absolute Gasteiger partial charge is 0.457 e. The number of aromatic nitrogens is 3. The van der Waals surface area contributed by atoms with Gasteiger partial charge in [-0.1, -0.05) is 74.5 Å². The SMILES string of the molecule is CC1(C)c2cccnc2-n2c3cc(Oc4cccc(-c5ccc6ccccc6n5)c4)ccc3c3cccc1c32. The lowest BCUT2D eigenvalue weighted by Crippen LogP contribution is -2.26. The maximum absolute atomic E-state index is 6.45. The summed E-state index contributed by atoms with van der Waals surface area (Å²) in [6, 6.07) is 37.7. The number of fused-ring (bicyclic) bond motifs is 6. The second-order valence-corrected chi connectivity index (χ2v) is 10.7. The number of rotatable bonds is 3. The smallest absolute Gasteiger partial charge is 0.141 e. The van der Waals surface area contributed by atoms with Crippen molar-refractivity contribution in [3.8, 4) is 28.6 Å². The number of nitrogens with zero attached hydrogens (tertiary/aromatic N) is 3. The van der Waals surface area contributed by atoms with Crippen LogP contribution in [0.4, 0.5) is 0 Å². The molecule has 0 aliphatic carbocycles. The molecule has 186 valence electrons. The van der Waals surface area contributed by atoms with E-state index in [1.807, 2.05) is 42.6 Å². The van der Waals surface area contributed by atoms with Gasteiger partial charge >= 0.3 is 0 Å². The molecule has 8 rings (SSSR count). The summed E-state index contributed by atoms with van der Waals surface area (Å²) in [7, 11) is 0. The minimum absolute atomic E-state index is 0.135. The van der Waals surface area contributed by atoms with Crippen molar-refractivity contribution >= 4 is 32.7 Å². The third-order valence-corrected chi connectivity index (χ3v) is 8.07. The van der Waals surface area contributed by atoms with Gasteiger partial charge in [0.05, 0.1) is 22.2 Å². The number of benzene rings is 4. The van der Waals surface area contributed by atoms with E-state index in [0.29, 0.717) is 0 Å². The molecule has 0 atom stereocenters. The zero-order valence-electron chi connectivity index (χ0n) is 21.7. The molecule has 0 fully saturated rings. The van der Waals surface area contributed by atoms with Crippen molar-refractivity contribution in [1.82, 2.24) is 14.5 Å². The fourth-order valence-corrected chi connectivity index (χ4v) is 6.12. The van der Waals surface area contributed by atoms with Crippen LogP contribution >= 0.6 is 0 Å². The van der Waals surface area contributed by atoms with Gasteiger partial charge in [0.25, 0.3) is 0 Å². The quantitative estimate of drug-likeness (QED) is 0.242. The van der Waals surface area contributed by atoms with Crippen LogP contribution in [0.15, 0.2) is 115 Å². The Bertz CT molecular complexity index is 2090. The van der Waals surface area contributed by atoms with E-state index in [-0.39, 0.29) is 5.41 Å². The van der Waals surface area contributed by atoms with Crippen LogP contribution in [0, 0.1) is 0 Å². The number of para-hydroxylation sites is 2. The maximum atomic E-state index is 6.45. The minimum Gasteiger partial charge on any atom is -0.457 e. The van der Waals surface area contributed by atoms with E-state index in [2.05, 4.69) is 91.2 Å². The molecule has 0 unspecified atom stereocenters. The summed E-state index contributed by atoms with van der Waals surface area (Å²) >= 11 is 0. The van der Waals surface area contributed by atoms with Crippen LogP contribution in [-0.2, 0) is 5.41 Å². The van der Waals surface area contributed by atoms with Gasteiger partial charge in [-0.2, -0.15) is 0 Å². The van der Waals surface area contributed by atoms with E-state index >= 15 is 0 Å². The van der Waals surface area contributed by atoms with Crippen molar-refractivity contribution in [2.75, 3.05) is 0 Å². The summed E-state index contributed by atoms with van der Waals surface area (Å²) in [4.78, 5) is 9.72. The van der Waals surface area contributed by atoms with Gasteiger partial charge in [-0.3, -0.25) is 4.57 Å². The highest BCUT2D eigenvalue weighted by atomic mass is 16.5. The number of hydrogen-bond acceptors (Lipinski definition) is 3. The molecule has 0 bridgehead atoms. The van der Waals surface area contributed by atoms with Crippen molar-refractivity contribution in [2.45, 2.75) is 19.3 Å². The Hall–Kier alpha value is -4.96. The van der Waals surface area contributed by atoms with Crippen LogP contribution in [0.5, 0.6) is 11.5 Å². The van der Waals surface area contributed by atoms with E-state index < -0.39 is 0 Å². The molecule has 39 heavy (non-hydrogen) atoms. The van der Waals surface area contributed by atoms with Gasteiger partial charge in [-0.05, 0) is 48.0 Å². The van der Waals surface area contributed by atoms with Gasteiger partial charge in [0, 0.05) is 45.0 Å². The summed E-state index contributed by atoms with van der Waals surface area (Å²) in [6.45, 7) is 4.57. The summed E-state index contributed by atoms with van der Waals surface area (Å²) < 4.78 is 8.76. The molecule has 0 saturated carbocycles. The molecule has 4 heteroatoms. The summed E-state index contributed by atoms with van der Waals surface area (Å²) in [5.74, 6) is 2.55. The van der Waals surface area contributed by atoms with Gasteiger partial charge < -0.3 is 4.74 Å². The molecular formula is C35H25N3O. The highest BCUT2D eigenvalue weighted by molar-refractivity contribution is 6.11. The van der Waals surface area contributed by atoms with Gasteiger partial charge in [-0.15, -0.1) is 0 Å². The van der Waals surface area contributed by atoms with Crippen molar-refractivity contribution in [1.29, 1.82) is 0 Å². The Morgan fingerprint density at radius 1 is 0.692 bits per heavy atom.